The van der Waals surface area contributed by atoms with Crippen LogP contribution >= 0.6 is 11.3 Å². The molecule has 2 aromatic carbocycles. The highest BCUT2D eigenvalue weighted by molar-refractivity contribution is 7.20. The van der Waals surface area contributed by atoms with Crippen LogP contribution < -0.4 is 5.73 Å². The number of aromatic nitrogens is 1. The van der Waals surface area contributed by atoms with E-state index in [-0.39, 0.29) is 30.7 Å². The smallest absolute Gasteiger partial charge is 0.367 e. The summed E-state index contributed by atoms with van der Waals surface area (Å²) in [6, 6.07) is 16.7. The van der Waals surface area contributed by atoms with E-state index in [2.05, 4.69) is 4.98 Å². The fourth-order valence-electron chi connectivity index (χ4n) is 3.59. The lowest BCUT2D eigenvalue weighted by atomic mass is 9.89. The lowest BCUT2D eigenvalue weighted by Gasteiger charge is -2.26. The van der Waals surface area contributed by atoms with Gasteiger partial charge in [-0.25, -0.2) is 14.2 Å². The molecule has 0 saturated heterocycles. The van der Waals surface area contributed by atoms with Crippen molar-refractivity contribution in [2.45, 2.75) is 57.4 Å². The third-order valence-electron chi connectivity index (χ3n) is 5.45. The number of hydrogen-bond donors (Lipinski definition) is 2. The molecular formula is C25H29FN2O4S. The Morgan fingerprint density at radius 3 is 2.45 bits per heavy atom. The Hall–Kier alpha value is -2.84. The fourth-order valence-corrected chi connectivity index (χ4v) is 4.44. The normalized spacial score (nSPS) is 14.5. The second kappa shape index (κ2) is 10.9. The Bertz CT molecular complexity index is 1050. The highest BCUT2D eigenvalue weighted by Gasteiger charge is 2.31. The maximum absolute atomic E-state index is 14.0. The monoisotopic (exact) mass is 472 g/mol. The molecule has 3 aromatic rings. The molecule has 176 valence electrons. The third-order valence-corrected chi connectivity index (χ3v) is 6.47. The number of carbonyl (C=O) groups excluding carboxylic acids is 2. The van der Waals surface area contributed by atoms with Gasteiger partial charge in [0.25, 0.3) is 0 Å². The van der Waals surface area contributed by atoms with Gasteiger partial charge in [0.2, 0.25) is 10.9 Å². The summed E-state index contributed by atoms with van der Waals surface area (Å²) in [5.74, 6) is -2.00. The lowest BCUT2D eigenvalue weighted by Crippen LogP contribution is -2.38. The number of halogens is 1. The van der Waals surface area contributed by atoms with Crippen molar-refractivity contribution in [3.63, 3.8) is 0 Å². The molecule has 0 aliphatic carbocycles. The van der Waals surface area contributed by atoms with E-state index in [9.17, 15) is 19.1 Å². The number of fused-ring (bicyclic) bond motifs is 1. The number of nitrogens with two attached hydrogens (primary N) is 1. The maximum atomic E-state index is 14.0. The number of ether oxygens (including phenoxy) is 1. The van der Waals surface area contributed by atoms with Crippen molar-refractivity contribution < 1.29 is 23.8 Å². The van der Waals surface area contributed by atoms with Crippen molar-refractivity contribution >= 4 is 33.4 Å². The zero-order valence-corrected chi connectivity index (χ0v) is 19.6. The summed E-state index contributed by atoms with van der Waals surface area (Å²) in [6.07, 6.45) is -1.55. The SMILES string of the molecule is CC(C)(F)CC[C@H](C[C@H](O)[C@H](Cc1ccccc1)OC(=O)c1nc2ccccc2s1)C(N)=O. The van der Waals surface area contributed by atoms with E-state index in [1.165, 1.54) is 25.2 Å². The van der Waals surface area contributed by atoms with Gasteiger partial charge < -0.3 is 15.6 Å². The molecule has 0 fully saturated rings. The van der Waals surface area contributed by atoms with Gasteiger partial charge in [-0.05, 0) is 50.8 Å². The molecule has 0 unspecified atom stereocenters. The molecule has 1 amide bonds. The number of alkyl halides is 1. The number of aliphatic hydroxyl groups excluding tert-OH is 1. The van der Waals surface area contributed by atoms with Crippen LogP contribution in [0.4, 0.5) is 4.39 Å². The Morgan fingerprint density at radius 2 is 1.82 bits per heavy atom. The molecule has 3 N–H and O–H groups in total. The van der Waals surface area contributed by atoms with Crippen molar-refractivity contribution in [1.29, 1.82) is 0 Å². The minimum Gasteiger partial charge on any atom is -0.454 e. The number of hydrogen-bond acceptors (Lipinski definition) is 6. The highest BCUT2D eigenvalue weighted by Crippen LogP contribution is 2.26. The van der Waals surface area contributed by atoms with Gasteiger partial charge in [-0.3, -0.25) is 4.79 Å². The highest BCUT2D eigenvalue weighted by atomic mass is 32.1. The molecular weight excluding hydrogens is 443 g/mol. The number of nitrogens with zero attached hydrogens (tertiary/aromatic N) is 1. The van der Waals surface area contributed by atoms with Crippen LogP contribution in [0.25, 0.3) is 10.2 Å². The van der Waals surface area contributed by atoms with Crippen LogP contribution in [-0.4, -0.2) is 39.8 Å². The van der Waals surface area contributed by atoms with Crippen LogP contribution in [0.15, 0.2) is 54.6 Å². The van der Waals surface area contributed by atoms with E-state index in [4.69, 9.17) is 10.5 Å². The first-order valence-electron chi connectivity index (χ1n) is 10.9. The summed E-state index contributed by atoms with van der Waals surface area (Å²) < 4.78 is 20.5. The summed E-state index contributed by atoms with van der Waals surface area (Å²) in [6.45, 7) is 2.86. The molecule has 1 aromatic heterocycles. The number of amides is 1. The van der Waals surface area contributed by atoms with Crippen molar-refractivity contribution in [2.75, 3.05) is 0 Å². The standard InChI is InChI=1S/C25H29FN2O4S/c1-25(2,26)13-12-17(22(27)30)15-19(29)20(14-16-8-4-3-5-9-16)32-24(31)23-28-18-10-6-7-11-21(18)33-23/h3-11,17,19-20,29H,12-15H2,1-2H3,(H2,27,30)/t17-,19+,20+/m1/s1. The molecule has 8 heteroatoms. The van der Waals surface area contributed by atoms with Gasteiger partial charge in [0.05, 0.1) is 16.3 Å². The second-order valence-corrected chi connectivity index (χ2v) is 9.81. The molecule has 0 spiro atoms. The number of rotatable bonds is 11. The zero-order valence-electron chi connectivity index (χ0n) is 18.7. The first kappa shape index (κ1) is 24.8. The molecule has 33 heavy (non-hydrogen) atoms. The van der Waals surface area contributed by atoms with Gasteiger partial charge in [-0.15, -0.1) is 11.3 Å². The molecule has 0 saturated carbocycles. The maximum Gasteiger partial charge on any atom is 0.367 e. The van der Waals surface area contributed by atoms with Crippen LogP contribution in [0.2, 0.25) is 0 Å². The number of aliphatic hydroxyl groups is 1. The van der Waals surface area contributed by atoms with Crippen molar-refractivity contribution in [1.82, 2.24) is 4.98 Å². The van der Waals surface area contributed by atoms with Crippen molar-refractivity contribution in [3.05, 3.63) is 65.2 Å². The number of primary amides is 1. The van der Waals surface area contributed by atoms with E-state index in [0.717, 1.165) is 10.3 Å². The molecule has 0 radical (unpaired) electrons. The average molecular weight is 473 g/mol. The molecule has 0 aliphatic rings. The number of carbonyl (C=O) groups is 2. The zero-order chi connectivity index (χ0) is 24.0. The van der Waals surface area contributed by atoms with Gasteiger partial charge in [0.1, 0.15) is 11.8 Å². The number of esters is 1. The largest absolute Gasteiger partial charge is 0.454 e. The fraction of sp³-hybridized carbons (Fsp3) is 0.400. The summed E-state index contributed by atoms with van der Waals surface area (Å²) in [7, 11) is 0. The van der Waals surface area contributed by atoms with Crippen LogP contribution in [0, 0.1) is 5.92 Å². The van der Waals surface area contributed by atoms with Crippen LogP contribution in [0.1, 0.15) is 48.5 Å². The van der Waals surface area contributed by atoms with E-state index < -0.39 is 35.7 Å². The molecule has 0 aliphatic heterocycles. The van der Waals surface area contributed by atoms with E-state index in [1.807, 2.05) is 54.6 Å². The predicted octanol–water partition coefficient (Wildman–Crippen LogP) is 4.45. The second-order valence-electron chi connectivity index (χ2n) is 8.78. The summed E-state index contributed by atoms with van der Waals surface area (Å²) >= 11 is 1.21. The number of para-hydroxylation sites is 1. The quantitative estimate of drug-likeness (QED) is 0.402. The molecule has 0 bridgehead atoms. The predicted molar refractivity (Wildman–Crippen MR) is 127 cm³/mol. The summed E-state index contributed by atoms with van der Waals surface area (Å²) in [5, 5.41) is 11.1. The topological polar surface area (TPSA) is 103 Å². The van der Waals surface area contributed by atoms with E-state index >= 15 is 0 Å². The van der Waals surface area contributed by atoms with Gasteiger partial charge in [0.15, 0.2) is 0 Å². The van der Waals surface area contributed by atoms with Crippen molar-refractivity contribution in [2.24, 2.45) is 11.7 Å². The van der Waals surface area contributed by atoms with Crippen LogP contribution in [-0.2, 0) is 16.0 Å². The first-order chi connectivity index (χ1) is 15.6. The first-order valence-corrected chi connectivity index (χ1v) is 11.7. The van der Waals surface area contributed by atoms with E-state index in [0.29, 0.717) is 5.52 Å². The molecule has 6 nitrogen and oxygen atoms in total. The number of benzene rings is 2. The Balaban J connectivity index is 1.77. The van der Waals surface area contributed by atoms with Gasteiger partial charge >= 0.3 is 5.97 Å². The van der Waals surface area contributed by atoms with E-state index in [1.54, 1.807) is 0 Å². The third kappa shape index (κ3) is 7.33. The van der Waals surface area contributed by atoms with Crippen LogP contribution in [0.3, 0.4) is 0 Å². The van der Waals surface area contributed by atoms with Crippen molar-refractivity contribution in [3.8, 4) is 0 Å². The molecule has 1 heterocycles. The number of thiazole rings is 1. The summed E-state index contributed by atoms with van der Waals surface area (Å²) in [4.78, 5) is 29.1. The molecule has 3 rings (SSSR count). The van der Waals surface area contributed by atoms with Gasteiger partial charge in [0, 0.05) is 12.3 Å². The summed E-state index contributed by atoms with van der Waals surface area (Å²) in [5.41, 5.74) is 5.61. The molecule has 3 atom stereocenters. The van der Waals surface area contributed by atoms with Gasteiger partial charge in [-0.1, -0.05) is 42.5 Å². The minimum absolute atomic E-state index is 0.0317. The minimum atomic E-state index is -1.46. The Morgan fingerprint density at radius 1 is 1.15 bits per heavy atom. The Kier molecular flexibility index (Phi) is 8.15. The van der Waals surface area contributed by atoms with Gasteiger partial charge in [-0.2, -0.15) is 0 Å². The average Bonchev–Trinajstić information content (AvgIpc) is 3.20. The Labute approximate surface area is 196 Å². The lowest BCUT2D eigenvalue weighted by molar-refractivity contribution is -0.124. The van der Waals surface area contributed by atoms with Crippen LogP contribution in [0.5, 0.6) is 0 Å².